The van der Waals surface area contributed by atoms with Crippen molar-refractivity contribution in [2.45, 2.75) is 28.8 Å². The predicted molar refractivity (Wildman–Crippen MR) is 111 cm³/mol. The molecule has 0 aliphatic heterocycles. The number of benzene rings is 2. The third-order valence-electron chi connectivity index (χ3n) is 4.56. The van der Waals surface area contributed by atoms with Crippen molar-refractivity contribution in [1.82, 2.24) is 20.1 Å². The quantitative estimate of drug-likeness (QED) is 0.555. The van der Waals surface area contributed by atoms with Crippen LogP contribution in [0.1, 0.15) is 34.5 Å². The van der Waals surface area contributed by atoms with Gasteiger partial charge < -0.3 is 4.90 Å². The number of aromatic amines is 1. The maximum atomic E-state index is 12.8. The minimum Gasteiger partial charge on any atom is -0.335 e. The van der Waals surface area contributed by atoms with Crippen LogP contribution in [0, 0.1) is 0 Å². The highest BCUT2D eigenvalue weighted by molar-refractivity contribution is 7.98. The van der Waals surface area contributed by atoms with E-state index >= 15 is 0 Å². The summed E-state index contributed by atoms with van der Waals surface area (Å²) in [6.07, 6.45) is 1.46. The van der Waals surface area contributed by atoms with E-state index in [1.54, 1.807) is 36.2 Å². The van der Waals surface area contributed by atoms with Crippen LogP contribution in [0.25, 0.3) is 0 Å². The van der Waals surface area contributed by atoms with Crippen LogP contribution in [0.4, 0.5) is 0 Å². The first kappa shape index (κ1) is 21.0. The van der Waals surface area contributed by atoms with Crippen LogP contribution in [-0.2, 0) is 15.8 Å². The van der Waals surface area contributed by atoms with E-state index in [0.29, 0.717) is 11.3 Å². The molecule has 0 radical (unpaired) electrons. The highest BCUT2D eigenvalue weighted by atomic mass is 32.2. The Hall–Kier alpha value is -2.69. The highest BCUT2D eigenvalue weighted by Crippen LogP contribution is 2.23. The van der Waals surface area contributed by atoms with Gasteiger partial charge in [0.05, 0.1) is 10.9 Å². The normalized spacial score (nSPS) is 12.5. The molecule has 29 heavy (non-hydrogen) atoms. The maximum Gasteiger partial charge on any atom is 0.254 e. The first-order chi connectivity index (χ1) is 13.8. The van der Waals surface area contributed by atoms with E-state index in [1.165, 1.54) is 30.2 Å². The number of nitrogens with one attached hydrogen (secondary N) is 1. The lowest BCUT2D eigenvalue weighted by atomic mass is 10.1. The monoisotopic (exact) mass is 431 g/mol. The maximum absolute atomic E-state index is 12.8. The van der Waals surface area contributed by atoms with Gasteiger partial charge in [-0.05, 0) is 42.3 Å². The van der Waals surface area contributed by atoms with Crippen LogP contribution in [0.2, 0.25) is 0 Å². The number of aromatic nitrogens is 3. The number of amides is 1. The van der Waals surface area contributed by atoms with Crippen molar-refractivity contribution >= 4 is 27.7 Å². The summed E-state index contributed by atoms with van der Waals surface area (Å²) in [5.74, 6) is 0.592. The van der Waals surface area contributed by atoms with Gasteiger partial charge in [-0.2, -0.15) is 5.10 Å². The largest absolute Gasteiger partial charge is 0.335 e. The van der Waals surface area contributed by atoms with Gasteiger partial charge in [-0.15, -0.1) is 0 Å². The number of thioether (sulfide) groups is 1. The van der Waals surface area contributed by atoms with Crippen LogP contribution < -0.4 is 5.14 Å². The van der Waals surface area contributed by atoms with E-state index in [9.17, 15) is 13.2 Å². The molecule has 0 spiro atoms. The Balaban J connectivity index is 1.65. The number of primary sulfonamides is 1. The first-order valence-corrected chi connectivity index (χ1v) is 11.3. The number of carbonyl (C=O) groups excluding carboxylic acids is 1. The standard InChI is InChI=1S/C19H21N5O3S2/c1-13(15-7-9-17(10-8-15)29(20,26)27)24(2)18(25)16-5-3-14(4-6-16)11-28-19-21-12-22-23-19/h3-10,12-13H,11H2,1-2H3,(H2,20,26,27)(H,21,22,23). The van der Waals surface area contributed by atoms with Crippen molar-refractivity contribution in [3.63, 3.8) is 0 Å². The molecule has 0 bridgehead atoms. The molecular weight excluding hydrogens is 410 g/mol. The van der Waals surface area contributed by atoms with Crippen molar-refractivity contribution in [3.8, 4) is 0 Å². The minimum atomic E-state index is -3.74. The number of sulfonamides is 1. The third kappa shape index (κ3) is 5.22. The van der Waals surface area contributed by atoms with Crippen LogP contribution in [-0.4, -0.2) is 41.5 Å². The van der Waals surface area contributed by atoms with Crippen molar-refractivity contribution < 1.29 is 13.2 Å². The second-order valence-corrected chi connectivity index (χ2v) is 9.01. The molecule has 0 saturated heterocycles. The van der Waals surface area contributed by atoms with E-state index in [1.807, 2.05) is 19.1 Å². The molecule has 1 aromatic heterocycles. The molecule has 3 aromatic rings. The van der Waals surface area contributed by atoms with Crippen LogP contribution in [0.3, 0.4) is 0 Å². The van der Waals surface area contributed by atoms with E-state index in [2.05, 4.69) is 15.2 Å². The average molecular weight is 432 g/mol. The molecule has 1 unspecified atom stereocenters. The smallest absolute Gasteiger partial charge is 0.254 e. The van der Waals surface area contributed by atoms with E-state index in [0.717, 1.165) is 16.3 Å². The summed E-state index contributed by atoms with van der Waals surface area (Å²) in [6.45, 7) is 1.88. The zero-order valence-corrected chi connectivity index (χ0v) is 17.6. The van der Waals surface area contributed by atoms with Gasteiger partial charge in [-0.3, -0.25) is 9.89 Å². The van der Waals surface area contributed by atoms with Gasteiger partial charge in [0.1, 0.15) is 6.33 Å². The highest BCUT2D eigenvalue weighted by Gasteiger charge is 2.19. The topological polar surface area (TPSA) is 122 Å². The Kier molecular flexibility index (Phi) is 6.36. The summed E-state index contributed by atoms with van der Waals surface area (Å²) in [5, 5.41) is 12.5. The lowest BCUT2D eigenvalue weighted by Crippen LogP contribution is -2.29. The van der Waals surface area contributed by atoms with Gasteiger partial charge in [-0.25, -0.2) is 18.5 Å². The molecule has 1 amide bonds. The fraction of sp³-hybridized carbons (Fsp3) is 0.211. The van der Waals surface area contributed by atoms with Gasteiger partial charge in [0, 0.05) is 18.4 Å². The molecule has 0 fully saturated rings. The molecule has 8 nitrogen and oxygen atoms in total. The van der Waals surface area contributed by atoms with Crippen LogP contribution >= 0.6 is 11.8 Å². The number of nitrogens with zero attached hydrogens (tertiary/aromatic N) is 3. The van der Waals surface area contributed by atoms with Crippen molar-refractivity contribution in [2.75, 3.05) is 7.05 Å². The molecule has 152 valence electrons. The number of rotatable bonds is 7. The lowest BCUT2D eigenvalue weighted by molar-refractivity contribution is 0.0742. The molecule has 2 aromatic carbocycles. The molecule has 3 rings (SSSR count). The number of H-pyrrole nitrogens is 1. The summed E-state index contributed by atoms with van der Waals surface area (Å²) >= 11 is 1.53. The number of carbonyl (C=O) groups is 1. The van der Waals surface area contributed by atoms with Crippen LogP contribution in [0.15, 0.2) is 64.9 Å². The molecule has 0 aliphatic rings. The Morgan fingerprint density at radius 2 is 1.83 bits per heavy atom. The second kappa shape index (κ2) is 8.76. The molecule has 1 heterocycles. The van der Waals surface area contributed by atoms with Gasteiger partial charge in [0.25, 0.3) is 5.91 Å². The SMILES string of the molecule is CC(c1ccc(S(N)(=O)=O)cc1)N(C)C(=O)c1ccc(CSc2ncn[nH]2)cc1. The molecule has 3 N–H and O–H groups in total. The Morgan fingerprint density at radius 3 is 2.38 bits per heavy atom. The summed E-state index contributed by atoms with van der Waals surface area (Å²) in [7, 11) is -2.02. The average Bonchev–Trinajstić information content (AvgIpc) is 3.24. The van der Waals surface area contributed by atoms with Gasteiger partial charge in [0.15, 0.2) is 5.16 Å². The molecule has 10 heteroatoms. The fourth-order valence-electron chi connectivity index (χ4n) is 2.70. The van der Waals surface area contributed by atoms with Crippen molar-refractivity contribution in [1.29, 1.82) is 0 Å². The molecule has 1 atom stereocenters. The third-order valence-corrected chi connectivity index (χ3v) is 6.44. The van der Waals surface area contributed by atoms with Gasteiger partial charge >= 0.3 is 0 Å². The Labute approximate surface area is 173 Å². The summed E-state index contributed by atoms with van der Waals surface area (Å²) in [4.78, 5) is 18.5. The Morgan fingerprint density at radius 1 is 1.17 bits per heavy atom. The van der Waals surface area contributed by atoms with Gasteiger partial charge in [0.2, 0.25) is 10.0 Å². The second-order valence-electron chi connectivity index (χ2n) is 6.48. The summed E-state index contributed by atoms with van der Waals surface area (Å²) in [5.41, 5.74) is 2.46. The fourth-order valence-corrected chi connectivity index (χ4v) is 3.95. The number of nitrogens with two attached hydrogens (primary N) is 1. The zero-order chi connectivity index (χ0) is 21.0. The first-order valence-electron chi connectivity index (χ1n) is 8.73. The summed E-state index contributed by atoms with van der Waals surface area (Å²) in [6, 6.07) is 13.4. The molecule has 0 aliphatic carbocycles. The van der Waals surface area contributed by atoms with E-state index in [-0.39, 0.29) is 16.8 Å². The minimum absolute atomic E-state index is 0.0428. The number of hydrogen-bond acceptors (Lipinski definition) is 6. The molecule has 0 saturated carbocycles. The van der Waals surface area contributed by atoms with E-state index in [4.69, 9.17) is 5.14 Å². The van der Waals surface area contributed by atoms with Gasteiger partial charge in [-0.1, -0.05) is 36.0 Å². The van der Waals surface area contributed by atoms with Crippen LogP contribution in [0.5, 0.6) is 0 Å². The number of hydrogen-bond donors (Lipinski definition) is 2. The summed E-state index contributed by atoms with van der Waals surface area (Å²) < 4.78 is 22.8. The van der Waals surface area contributed by atoms with E-state index < -0.39 is 10.0 Å². The predicted octanol–water partition coefficient (Wildman–Crippen LogP) is 2.58. The Bertz CT molecular complexity index is 1070. The zero-order valence-electron chi connectivity index (χ0n) is 15.9. The molecular formula is C19H21N5O3S2. The van der Waals surface area contributed by atoms with Crippen molar-refractivity contribution in [2.24, 2.45) is 5.14 Å². The van der Waals surface area contributed by atoms with Crippen molar-refractivity contribution in [3.05, 3.63) is 71.5 Å². The lowest BCUT2D eigenvalue weighted by Gasteiger charge is -2.25.